The summed E-state index contributed by atoms with van der Waals surface area (Å²) >= 11 is 0. The van der Waals surface area contributed by atoms with Crippen molar-refractivity contribution in [2.45, 2.75) is 46.6 Å². The fourth-order valence-corrected chi connectivity index (χ4v) is 1.74. The van der Waals surface area contributed by atoms with Crippen LogP contribution < -0.4 is 10.6 Å². The number of amides is 2. The Morgan fingerprint density at radius 2 is 1.70 bits per heavy atom. The van der Waals surface area contributed by atoms with Crippen molar-refractivity contribution in [1.82, 2.24) is 5.32 Å². The van der Waals surface area contributed by atoms with E-state index in [1.807, 2.05) is 0 Å². The number of rotatable bonds is 6. The Hall–Kier alpha value is -2.37. The third-order valence-electron chi connectivity index (χ3n) is 3.27. The molecule has 0 aromatic heterocycles. The maximum atomic E-state index is 12.1. The van der Waals surface area contributed by atoms with Gasteiger partial charge in [0.15, 0.2) is 0 Å². The molecule has 1 aromatic carbocycles. The van der Waals surface area contributed by atoms with Gasteiger partial charge in [-0.2, -0.15) is 0 Å². The predicted octanol–water partition coefficient (Wildman–Crippen LogP) is 2.19. The van der Waals surface area contributed by atoms with Crippen LogP contribution >= 0.6 is 0 Å². The summed E-state index contributed by atoms with van der Waals surface area (Å²) in [5.41, 5.74) is 0.936. The molecule has 0 heterocycles. The number of carboxylic acid groups (broad SMARTS) is 1. The van der Waals surface area contributed by atoms with Gasteiger partial charge in [0.1, 0.15) is 6.04 Å². The van der Waals surface area contributed by atoms with Gasteiger partial charge >= 0.3 is 5.97 Å². The van der Waals surface area contributed by atoms with Gasteiger partial charge in [0.05, 0.1) is 0 Å². The van der Waals surface area contributed by atoms with Crippen molar-refractivity contribution >= 4 is 23.5 Å². The van der Waals surface area contributed by atoms with Crippen LogP contribution in [-0.4, -0.2) is 28.9 Å². The number of carbonyl (C=O) groups is 3. The Morgan fingerprint density at radius 3 is 2.17 bits per heavy atom. The number of aryl methyl sites for hydroxylation is 1. The topological polar surface area (TPSA) is 95.5 Å². The van der Waals surface area contributed by atoms with Crippen molar-refractivity contribution in [3.63, 3.8) is 0 Å². The summed E-state index contributed by atoms with van der Waals surface area (Å²) in [6, 6.07) is 6.34. The molecule has 0 unspecified atom stereocenters. The average Bonchev–Trinajstić information content (AvgIpc) is 2.45. The lowest BCUT2D eigenvalue weighted by Crippen LogP contribution is -2.46. The van der Waals surface area contributed by atoms with Gasteiger partial charge in [-0.1, -0.05) is 32.9 Å². The van der Waals surface area contributed by atoms with Gasteiger partial charge in [-0.25, -0.2) is 0 Å². The van der Waals surface area contributed by atoms with Crippen LogP contribution in [0.25, 0.3) is 0 Å². The van der Waals surface area contributed by atoms with Crippen LogP contribution in [0.2, 0.25) is 0 Å². The van der Waals surface area contributed by atoms with E-state index in [0.717, 1.165) is 5.56 Å². The molecule has 126 valence electrons. The number of hydrogen-bond acceptors (Lipinski definition) is 3. The summed E-state index contributed by atoms with van der Waals surface area (Å²) in [5.74, 6) is -1.34. The minimum Gasteiger partial charge on any atom is -0.481 e. The molecule has 1 atom stereocenters. The Balaban J connectivity index is 2.56. The molecule has 0 aliphatic carbocycles. The predicted molar refractivity (Wildman–Crippen MR) is 88.1 cm³/mol. The number of hydrogen-bond donors (Lipinski definition) is 3. The Morgan fingerprint density at radius 1 is 1.13 bits per heavy atom. The van der Waals surface area contributed by atoms with Gasteiger partial charge in [0.2, 0.25) is 11.8 Å². The smallest absolute Gasteiger partial charge is 0.303 e. The number of carboxylic acids is 1. The van der Waals surface area contributed by atoms with Crippen molar-refractivity contribution in [1.29, 1.82) is 0 Å². The maximum Gasteiger partial charge on any atom is 0.303 e. The number of anilines is 1. The molecular formula is C17H24N2O4. The summed E-state index contributed by atoms with van der Waals surface area (Å²) in [6.45, 7) is 6.97. The van der Waals surface area contributed by atoms with E-state index in [2.05, 4.69) is 10.6 Å². The lowest BCUT2D eigenvalue weighted by Gasteiger charge is -2.21. The molecule has 0 saturated heterocycles. The van der Waals surface area contributed by atoms with E-state index in [-0.39, 0.29) is 18.2 Å². The van der Waals surface area contributed by atoms with Crippen molar-refractivity contribution in [3.8, 4) is 0 Å². The lowest BCUT2D eigenvalue weighted by molar-refractivity contribution is -0.137. The molecule has 0 spiro atoms. The summed E-state index contributed by atoms with van der Waals surface area (Å²) in [7, 11) is 0. The molecule has 0 radical (unpaired) electrons. The average molecular weight is 320 g/mol. The SMILES string of the molecule is C[C@H](NC(=O)C(C)(C)C)C(=O)Nc1ccc(CCC(=O)O)cc1. The van der Waals surface area contributed by atoms with Crippen molar-refractivity contribution in [2.75, 3.05) is 5.32 Å². The van der Waals surface area contributed by atoms with Crippen molar-refractivity contribution in [3.05, 3.63) is 29.8 Å². The van der Waals surface area contributed by atoms with Crippen molar-refractivity contribution in [2.24, 2.45) is 5.41 Å². The monoisotopic (exact) mass is 320 g/mol. The van der Waals surface area contributed by atoms with E-state index >= 15 is 0 Å². The molecule has 1 rings (SSSR count). The molecule has 2 amide bonds. The van der Waals surface area contributed by atoms with Crippen LogP contribution in [0.5, 0.6) is 0 Å². The quantitative estimate of drug-likeness (QED) is 0.748. The normalized spacial score (nSPS) is 12.3. The highest BCUT2D eigenvalue weighted by Gasteiger charge is 2.25. The molecular weight excluding hydrogens is 296 g/mol. The standard InChI is InChI=1S/C17H24N2O4/c1-11(18-16(23)17(2,3)4)15(22)19-13-8-5-12(6-9-13)7-10-14(20)21/h5-6,8-9,11H,7,10H2,1-4H3,(H,18,23)(H,19,22)(H,20,21)/t11-/m0/s1. The van der Waals surface area contributed by atoms with E-state index in [9.17, 15) is 14.4 Å². The van der Waals surface area contributed by atoms with E-state index in [0.29, 0.717) is 12.1 Å². The largest absolute Gasteiger partial charge is 0.481 e. The third-order valence-corrected chi connectivity index (χ3v) is 3.27. The Kier molecular flexibility index (Phi) is 6.30. The fraction of sp³-hybridized carbons (Fsp3) is 0.471. The molecule has 6 nitrogen and oxygen atoms in total. The van der Waals surface area contributed by atoms with Crippen molar-refractivity contribution < 1.29 is 19.5 Å². The summed E-state index contributed by atoms with van der Waals surface area (Å²) in [4.78, 5) is 34.5. The molecule has 0 aliphatic rings. The van der Waals surface area contributed by atoms with Gasteiger partial charge < -0.3 is 15.7 Å². The summed E-state index contributed by atoms with van der Waals surface area (Å²) < 4.78 is 0. The van der Waals surface area contributed by atoms with Gasteiger partial charge in [-0.15, -0.1) is 0 Å². The second-order valence-corrected chi connectivity index (χ2v) is 6.53. The van der Waals surface area contributed by atoms with E-state index in [1.165, 1.54) is 0 Å². The number of aliphatic carboxylic acids is 1. The minimum absolute atomic E-state index is 0.0710. The lowest BCUT2D eigenvalue weighted by atomic mass is 9.95. The van der Waals surface area contributed by atoms with E-state index in [1.54, 1.807) is 52.0 Å². The van der Waals surface area contributed by atoms with Crippen LogP contribution in [0.15, 0.2) is 24.3 Å². The zero-order valence-corrected chi connectivity index (χ0v) is 14.0. The molecule has 0 aliphatic heterocycles. The molecule has 23 heavy (non-hydrogen) atoms. The highest BCUT2D eigenvalue weighted by atomic mass is 16.4. The molecule has 6 heteroatoms. The Bertz CT molecular complexity index is 573. The van der Waals surface area contributed by atoms with Gasteiger partial charge in [0.25, 0.3) is 0 Å². The number of nitrogens with one attached hydrogen (secondary N) is 2. The highest BCUT2D eigenvalue weighted by Crippen LogP contribution is 2.14. The second kappa shape index (κ2) is 7.76. The molecule has 1 aromatic rings. The van der Waals surface area contributed by atoms with Gasteiger partial charge in [-0.05, 0) is 31.0 Å². The maximum absolute atomic E-state index is 12.1. The van der Waals surface area contributed by atoms with Gasteiger partial charge in [0, 0.05) is 17.5 Å². The van der Waals surface area contributed by atoms with Crippen LogP contribution in [0.3, 0.4) is 0 Å². The highest BCUT2D eigenvalue weighted by molar-refractivity contribution is 5.97. The van der Waals surface area contributed by atoms with E-state index in [4.69, 9.17) is 5.11 Å². The molecule has 0 bridgehead atoms. The Labute approximate surface area is 136 Å². The van der Waals surface area contributed by atoms with Crippen LogP contribution in [0, 0.1) is 5.41 Å². The summed E-state index contributed by atoms with van der Waals surface area (Å²) in [5, 5.41) is 14.0. The zero-order valence-electron chi connectivity index (χ0n) is 14.0. The number of carbonyl (C=O) groups excluding carboxylic acids is 2. The first-order chi connectivity index (χ1) is 10.6. The first-order valence-corrected chi connectivity index (χ1v) is 7.52. The van der Waals surface area contributed by atoms with Crippen LogP contribution in [-0.2, 0) is 20.8 Å². The molecule has 3 N–H and O–H groups in total. The first-order valence-electron chi connectivity index (χ1n) is 7.52. The minimum atomic E-state index is -0.842. The van der Waals surface area contributed by atoms with E-state index < -0.39 is 17.4 Å². The van der Waals surface area contributed by atoms with Crippen LogP contribution in [0.4, 0.5) is 5.69 Å². The van der Waals surface area contributed by atoms with Gasteiger partial charge in [-0.3, -0.25) is 14.4 Å². The second-order valence-electron chi connectivity index (χ2n) is 6.53. The third kappa shape index (κ3) is 6.50. The number of benzene rings is 1. The first kappa shape index (κ1) is 18.7. The zero-order chi connectivity index (χ0) is 17.6. The molecule has 0 fully saturated rings. The summed E-state index contributed by atoms with van der Waals surface area (Å²) in [6.07, 6.45) is 0.517. The van der Waals surface area contributed by atoms with Crippen LogP contribution in [0.1, 0.15) is 39.7 Å². The molecule has 0 saturated carbocycles. The fourth-order valence-electron chi connectivity index (χ4n) is 1.74.